The van der Waals surface area contributed by atoms with Crippen molar-refractivity contribution < 1.29 is 9.59 Å². The highest BCUT2D eigenvalue weighted by Gasteiger charge is 2.22. The molecule has 0 atom stereocenters. The molecule has 1 aliphatic heterocycles. The Balaban J connectivity index is 1.56. The molecule has 1 aliphatic rings. The monoisotopic (exact) mass is 324 g/mol. The Bertz CT molecular complexity index is 491. The predicted molar refractivity (Wildman–Crippen MR) is 89.8 cm³/mol. The lowest BCUT2D eigenvalue weighted by Crippen LogP contribution is -2.38. The molecular weight excluding hydrogens is 304 g/mol. The zero-order valence-corrected chi connectivity index (χ0v) is 13.8. The highest BCUT2D eigenvalue weighted by Crippen LogP contribution is 2.16. The minimum Gasteiger partial charge on any atom is -0.354 e. The molecule has 1 aromatic carbocycles. The van der Waals surface area contributed by atoms with Crippen molar-refractivity contribution in [2.75, 3.05) is 31.1 Å². The summed E-state index contributed by atoms with van der Waals surface area (Å²) < 4.78 is 0. The van der Waals surface area contributed by atoms with Crippen molar-refractivity contribution in [3.63, 3.8) is 0 Å². The maximum atomic E-state index is 11.7. The number of nitrogens with one attached hydrogen (secondary N) is 1. The number of nitrogens with zero attached hydrogens (tertiary/aromatic N) is 1. The largest absolute Gasteiger partial charge is 0.354 e. The molecule has 114 valence electrons. The molecule has 6 heteroatoms. The van der Waals surface area contributed by atoms with Crippen molar-refractivity contribution in [1.29, 1.82) is 0 Å². The second-order valence-corrected chi connectivity index (χ2v) is 7.08. The second-order valence-electron chi connectivity index (χ2n) is 4.92. The molecule has 2 rings (SSSR count). The molecule has 0 radical (unpaired) electrons. The Hall–Kier alpha value is -1.14. The zero-order chi connectivity index (χ0) is 15.1. The van der Waals surface area contributed by atoms with Gasteiger partial charge in [-0.1, -0.05) is 41.6 Å². The van der Waals surface area contributed by atoms with Crippen LogP contribution in [0.3, 0.4) is 0 Å². The molecule has 1 saturated heterocycles. The van der Waals surface area contributed by atoms with Crippen LogP contribution in [0.4, 0.5) is 4.79 Å². The van der Waals surface area contributed by atoms with E-state index in [4.69, 9.17) is 0 Å². The number of amides is 2. The molecule has 0 unspecified atom stereocenters. The Morgan fingerprint density at radius 3 is 2.81 bits per heavy atom. The summed E-state index contributed by atoms with van der Waals surface area (Å²) in [4.78, 5) is 24.7. The number of carbonyl (C=O) groups is 2. The number of carbonyl (C=O) groups excluding carboxylic acids is 2. The van der Waals surface area contributed by atoms with Crippen molar-refractivity contribution in [2.24, 2.45) is 0 Å². The lowest BCUT2D eigenvalue weighted by Gasteiger charge is -2.13. The first-order chi connectivity index (χ1) is 10.1. The summed E-state index contributed by atoms with van der Waals surface area (Å²) in [5.41, 5.74) is 2.57. The molecule has 1 heterocycles. The van der Waals surface area contributed by atoms with E-state index in [0.29, 0.717) is 13.1 Å². The Kier molecular flexibility index (Phi) is 6.45. The molecule has 4 nitrogen and oxygen atoms in total. The Morgan fingerprint density at radius 2 is 2.14 bits per heavy atom. The molecule has 0 aromatic heterocycles. The van der Waals surface area contributed by atoms with E-state index in [0.717, 1.165) is 17.3 Å². The molecule has 2 amide bonds. The van der Waals surface area contributed by atoms with Gasteiger partial charge in [0.05, 0.1) is 0 Å². The fourth-order valence-corrected chi connectivity index (χ4v) is 3.58. The average Bonchev–Trinajstić information content (AvgIpc) is 2.86. The third-order valence-corrected chi connectivity index (χ3v) is 5.06. The van der Waals surface area contributed by atoms with Crippen molar-refractivity contribution in [3.8, 4) is 0 Å². The van der Waals surface area contributed by atoms with E-state index in [-0.39, 0.29) is 17.7 Å². The summed E-state index contributed by atoms with van der Waals surface area (Å²) in [6, 6.07) is 8.50. The van der Waals surface area contributed by atoms with Gasteiger partial charge in [0.25, 0.3) is 5.24 Å². The number of benzene rings is 1. The molecule has 1 N–H and O–H groups in total. The number of hydrogen-bond donors (Lipinski definition) is 1. The summed E-state index contributed by atoms with van der Waals surface area (Å²) in [7, 11) is 0. The number of thioether (sulfide) groups is 2. The van der Waals surface area contributed by atoms with E-state index in [1.807, 2.05) is 0 Å². The first-order valence-corrected chi connectivity index (χ1v) is 9.11. The Labute approximate surface area is 134 Å². The van der Waals surface area contributed by atoms with Crippen molar-refractivity contribution >= 4 is 34.7 Å². The number of aryl methyl sites for hydroxylation is 1. The van der Waals surface area contributed by atoms with Gasteiger partial charge in [0, 0.05) is 30.3 Å². The minimum atomic E-state index is -0.0678. The first kappa shape index (κ1) is 16.2. The minimum absolute atomic E-state index is 0.0129. The summed E-state index contributed by atoms with van der Waals surface area (Å²) >= 11 is 3.08. The van der Waals surface area contributed by atoms with Crippen molar-refractivity contribution in [1.82, 2.24) is 10.2 Å². The van der Waals surface area contributed by atoms with Crippen LogP contribution in [0.2, 0.25) is 0 Å². The quantitative estimate of drug-likeness (QED) is 0.783. The average molecular weight is 324 g/mol. The maximum Gasteiger partial charge on any atom is 0.282 e. The Morgan fingerprint density at radius 1 is 1.38 bits per heavy atom. The molecule has 1 fully saturated rings. The topological polar surface area (TPSA) is 49.4 Å². The summed E-state index contributed by atoms with van der Waals surface area (Å²) in [5, 5.41) is 2.88. The smallest absolute Gasteiger partial charge is 0.282 e. The van der Waals surface area contributed by atoms with Crippen LogP contribution < -0.4 is 5.32 Å². The standard InChI is InChI=1S/C15H20N2O2S2/c1-12-2-4-13(5-3-12)11-20-8-6-16-14(18)10-17-7-9-21-15(17)19/h2-5H,6-11H2,1H3,(H,16,18). The van der Waals surface area contributed by atoms with E-state index in [1.165, 1.54) is 22.9 Å². The van der Waals surface area contributed by atoms with Gasteiger partial charge in [0.2, 0.25) is 5.91 Å². The van der Waals surface area contributed by atoms with E-state index >= 15 is 0 Å². The molecule has 0 saturated carbocycles. The van der Waals surface area contributed by atoms with Gasteiger partial charge >= 0.3 is 0 Å². The highest BCUT2D eigenvalue weighted by molar-refractivity contribution is 8.13. The predicted octanol–water partition coefficient (Wildman–Crippen LogP) is 2.51. The van der Waals surface area contributed by atoms with Crippen LogP contribution in [0.25, 0.3) is 0 Å². The second kappa shape index (κ2) is 8.34. The van der Waals surface area contributed by atoms with E-state index in [9.17, 15) is 9.59 Å². The SMILES string of the molecule is Cc1ccc(CSCCNC(=O)CN2CCSC2=O)cc1. The van der Waals surface area contributed by atoms with E-state index in [1.54, 1.807) is 16.7 Å². The van der Waals surface area contributed by atoms with E-state index in [2.05, 4.69) is 36.5 Å². The fraction of sp³-hybridized carbons (Fsp3) is 0.467. The number of hydrogen-bond acceptors (Lipinski definition) is 4. The van der Waals surface area contributed by atoms with Crippen LogP contribution in [0.5, 0.6) is 0 Å². The first-order valence-electron chi connectivity index (χ1n) is 6.97. The third-order valence-electron chi connectivity index (χ3n) is 3.14. The number of rotatable bonds is 7. The van der Waals surface area contributed by atoms with Gasteiger partial charge in [0.1, 0.15) is 6.54 Å². The molecule has 21 heavy (non-hydrogen) atoms. The lowest BCUT2D eigenvalue weighted by molar-refractivity contribution is -0.121. The van der Waals surface area contributed by atoms with E-state index < -0.39 is 0 Å². The van der Waals surface area contributed by atoms with Gasteiger partial charge in [0.15, 0.2) is 0 Å². The molecule has 1 aromatic rings. The van der Waals surface area contributed by atoms with Gasteiger partial charge in [-0.05, 0) is 12.5 Å². The van der Waals surface area contributed by atoms with Crippen LogP contribution >= 0.6 is 23.5 Å². The normalized spacial score (nSPS) is 14.5. The fourth-order valence-electron chi connectivity index (χ4n) is 1.94. The van der Waals surface area contributed by atoms with Crippen LogP contribution in [-0.4, -0.2) is 47.2 Å². The van der Waals surface area contributed by atoms with Crippen LogP contribution in [0.15, 0.2) is 24.3 Å². The molecule has 0 bridgehead atoms. The summed E-state index contributed by atoms with van der Waals surface area (Å²) in [6.45, 7) is 3.59. The molecule has 0 spiro atoms. The van der Waals surface area contributed by atoms with Crippen LogP contribution in [0, 0.1) is 6.92 Å². The lowest BCUT2D eigenvalue weighted by atomic mass is 10.2. The zero-order valence-electron chi connectivity index (χ0n) is 12.1. The van der Waals surface area contributed by atoms with Gasteiger partial charge in [-0.2, -0.15) is 11.8 Å². The van der Waals surface area contributed by atoms with Crippen LogP contribution in [-0.2, 0) is 10.5 Å². The summed E-state index contributed by atoms with van der Waals surface area (Å²) in [6.07, 6.45) is 0. The van der Waals surface area contributed by atoms with Gasteiger partial charge in [-0.25, -0.2) is 0 Å². The maximum absolute atomic E-state index is 11.7. The third kappa shape index (κ3) is 5.63. The summed E-state index contributed by atoms with van der Waals surface area (Å²) in [5.74, 6) is 2.56. The highest BCUT2D eigenvalue weighted by atomic mass is 32.2. The van der Waals surface area contributed by atoms with Gasteiger partial charge < -0.3 is 10.2 Å². The van der Waals surface area contributed by atoms with Crippen LogP contribution in [0.1, 0.15) is 11.1 Å². The van der Waals surface area contributed by atoms with Crippen molar-refractivity contribution in [3.05, 3.63) is 35.4 Å². The molecule has 0 aliphatic carbocycles. The molecular formula is C15H20N2O2S2. The van der Waals surface area contributed by atoms with Crippen molar-refractivity contribution in [2.45, 2.75) is 12.7 Å². The van der Waals surface area contributed by atoms with Gasteiger partial charge in [-0.3, -0.25) is 9.59 Å². The van der Waals surface area contributed by atoms with Gasteiger partial charge in [-0.15, -0.1) is 0 Å².